The van der Waals surface area contributed by atoms with Gasteiger partial charge in [-0.25, -0.2) is 0 Å². The number of rotatable bonds is 3. The Labute approximate surface area is 108 Å². The summed E-state index contributed by atoms with van der Waals surface area (Å²) in [5.41, 5.74) is 6.78. The molecule has 0 aromatic carbocycles. The van der Waals surface area contributed by atoms with Crippen molar-refractivity contribution >= 4 is 11.8 Å². The maximum absolute atomic E-state index is 5.80. The Morgan fingerprint density at radius 3 is 2.82 bits per heavy atom. The first-order valence-electron chi connectivity index (χ1n) is 6.53. The molecule has 1 aromatic heterocycles. The first-order valence-corrected chi connectivity index (χ1v) is 7.41. The third-order valence-electron chi connectivity index (χ3n) is 3.42. The molecule has 1 heterocycles. The zero-order chi connectivity index (χ0) is 12.3. The van der Waals surface area contributed by atoms with Crippen molar-refractivity contribution in [2.45, 2.75) is 55.7 Å². The van der Waals surface area contributed by atoms with Crippen LogP contribution in [0.25, 0.3) is 0 Å². The molecule has 94 valence electrons. The molecule has 0 bridgehead atoms. The highest BCUT2D eigenvalue weighted by molar-refractivity contribution is 8.00. The van der Waals surface area contributed by atoms with Gasteiger partial charge >= 0.3 is 0 Å². The van der Waals surface area contributed by atoms with Crippen LogP contribution in [0.2, 0.25) is 0 Å². The van der Waals surface area contributed by atoms with Crippen LogP contribution >= 0.6 is 11.8 Å². The highest BCUT2D eigenvalue weighted by Crippen LogP contribution is 2.35. The summed E-state index contributed by atoms with van der Waals surface area (Å²) in [6, 6.07) is 4.25. The molecule has 2 N–H and O–H groups in total. The lowest BCUT2D eigenvalue weighted by Gasteiger charge is -2.26. The van der Waals surface area contributed by atoms with Crippen LogP contribution in [0.3, 0.4) is 0 Å². The number of thioether (sulfide) groups is 1. The summed E-state index contributed by atoms with van der Waals surface area (Å²) in [6.07, 6.45) is 7.45. The van der Waals surface area contributed by atoms with Crippen LogP contribution in [-0.2, 0) is 0 Å². The summed E-state index contributed by atoms with van der Waals surface area (Å²) in [5, 5.41) is 0.779. The Hall–Kier alpha value is -0.540. The SMILES string of the molecule is CC1CCCC(Sc2ccc([C@H](C)N)nc2)C1. The Kier molecular flexibility index (Phi) is 4.46. The largest absolute Gasteiger partial charge is 0.323 e. The molecule has 1 saturated carbocycles. The number of hydrogen-bond donors (Lipinski definition) is 1. The Bertz CT molecular complexity index is 348. The minimum atomic E-state index is 0.0313. The molecule has 17 heavy (non-hydrogen) atoms. The van der Waals surface area contributed by atoms with Gasteiger partial charge in [-0.2, -0.15) is 0 Å². The molecule has 3 heteroatoms. The van der Waals surface area contributed by atoms with Crippen molar-refractivity contribution in [2.24, 2.45) is 11.7 Å². The van der Waals surface area contributed by atoms with E-state index in [2.05, 4.69) is 24.0 Å². The van der Waals surface area contributed by atoms with Crippen molar-refractivity contribution in [3.05, 3.63) is 24.0 Å². The molecule has 3 atom stereocenters. The smallest absolute Gasteiger partial charge is 0.0569 e. The quantitative estimate of drug-likeness (QED) is 0.887. The van der Waals surface area contributed by atoms with E-state index in [1.165, 1.54) is 30.6 Å². The van der Waals surface area contributed by atoms with E-state index in [0.29, 0.717) is 0 Å². The molecular weight excluding hydrogens is 228 g/mol. The molecule has 0 aliphatic heterocycles. The van der Waals surface area contributed by atoms with E-state index in [9.17, 15) is 0 Å². The number of aromatic nitrogens is 1. The molecule has 1 aromatic rings. The number of nitrogens with zero attached hydrogens (tertiary/aromatic N) is 1. The molecule has 1 fully saturated rings. The molecule has 0 spiro atoms. The van der Waals surface area contributed by atoms with Crippen LogP contribution in [0.5, 0.6) is 0 Å². The van der Waals surface area contributed by atoms with Gasteiger partial charge < -0.3 is 5.73 Å². The van der Waals surface area contributed by atoms with Crippen LogP contribution < -0.4 is 5.73 Å². The van der Waals surface area contributed by atoms with E-state index in [4.69, 9.17) is 5.73 Å². The number of pyridine rings is 1. The standard InChI is InChI=1S/C14H22N2S/c1-10-4-3-5-12(8-10)17-13-6-7-14(11(2)15)16-9-13/h6-7,9-12H,3-5,8,15H2,1-2H3/t10?,11-,12?/m0/s1. The summed E-state index contributed by atoms with van der Waals surface area (Å²) < 4.78 is 0. The molecule has 0 amide bonds. The first-order chi connectivity index (χ1) is 8.15. The predicted octanol–water partition coefficient (Wildman–Crippen LogP) is 3.77. The molecule has 1 aliphatic carbocycles. The Morgan fingerprint density at radius 1 is 1.41 bits per heavy atom. The van der Waals surface area contributed by atoms with Gasteiger partial charge in [-0.1, -0.05) is 19.8 Å². The Balaban J connectivity index is 1.94. The third kappa shape index (κ3) is 3.71. The average molecular weight is 250 g/mol. The number of hydrogen-bond acceptors (Lipinski definition) is 3. The maximum Gasteiger partial charge on any atom is 0.0569 e. The van der Waals surface area contributed by atoms with E-state index in [0.717, 1.165) is 16.9 Å². The van der Waals surface area contributed by atoms with E-state index < -0.39 is 0 Å². The summed E-state index contributed by atoms with van der Waals surface area (Å²) in [4.78, 5) is 5.70. The van der Waals surface area contributed by atoms with E-state index in [-0.39, 0.29) is 6.04 Å². The topological polar surface area (TPSA) is 38.9 Å². The Morgan fingerprint density at radius 2 is 2.24 bits per heavy atom. The van der Waals surface area contributed by atoms with Gasteiger partial charge in [-0.15, -0.1) is 11.8 Å². The van der Waals surface area contributed by atoms with Crippen molar-refractivity contribution in [3.8, 4) is 0 Å². The number of nitrogens with two attached hydrogens (primary N) is 1. The monoisotopic (exact) mass is 250 g/mol. The summed E-state index contributed by atoms with van der Waals surface area (Å²) in [6.45, 7) is 4.34. The summed E-state index contributed by atoms with van der Waals surface area (Å²) >= 11 is 1.99. The van der Waals surface area contributed by atoms with Crippen LogP contribution in [0.15, 0.2) is 23.2 Å². The van der Waals surface area contributed by atoms with E-state index in [1.54, 1.807) is 0 Å². The fraction of sp³-hybridized carbons (Fsp3) is 0.643. The second kappa shape index (κ2) is 5.87. The van der Waals surface area contributed by atoms with Gasteiger partial charge in [0.15, 0.2) is 0 Å². The van der Waals surface area contributed by atoms with Crippen molar-refractivity contribution < 1.29 is 0 Å². The zero-order valence-electron chi connectivity index (χ0n) is 10.7. The van der Waals surface area contributed by atoms with Crippen LogP contribution in [-0.4, -0.2) is 10.2 Å². The predicted molar refractivity (Wildman–Crippen MR) is 74.1 cm³/mol. The van der Waals surface area contributed by atoms with Crippen molar-refractivity contribution in [2.75, 3.05) is 0 Å². The van der Waals surface area contributed by atoms with Crippen LogP contribution in [0.1, 0.15) is 51.3 Å². The summed E-state index contributed by atoms with van der Waals surface area (Å²) in [7, 11) is 0. The lowest BCUT2D eigenvalue weighted by Crippen LogP contribution is -2.15. The van der Waals surface area contributed by atoms with Crippen molar-refractivity contribution in [3.63, 3.8) is 0 Å². The van der Waals surface area contributed by atoms with E-state index in [1.807, 2.05) is 24.9 Å². The van der Waals surface area contributed by atoms with Crippen LogP contribution in [0.4, 0.5) is 0 Å². The van der Waals surface area contributed by atoms with Crippen molar-refractivity contribution in [1.82, 2.24) is 4.98 Å². The zero-order valence-corrected chi connectivity index (χ0v) is 11.5. The van der Waals surface area contributed by atoms with Gasteiger partial charge in [0, 0.05) is 22.4 Å². The van der Waals surface area contributed by atoms with Gasteiger partial charge in [0.2, 0.25) is 0 Å². The molecular formula is C14H22N2S. The van der Waals surface area contributed by atoms with Gasteiger partial charge in [-0.3, -0.25) is 4.98 Å². The molecule has 0 saturated heterocycles. The minimum absolute atomic E-state index is 0.0313. The highest BCUT2D eigenvalue weighted by Gasteiger charge is 2.19. The summed E-state index contributed by atoms with van der Waals surface area (Å²) in [5.74, 6) is 0.887. The fourth-order valence-corrected chi connectivity index (χ4v) is 3.76. The van der Waals surface area contributed by atoms with Crippen molar-refractivity contribution in [1.29, 1.82) is 0 Å². The van der Waals surface area contributed by atoms with Gasteiger partial charge in [0.05, 0.1) is 5.69 Å². The molecule has 2 rings (SSSR count). The van der Waals surface area contributed by atoms with Gasteiger partial charge in [-0.05, 0) is 37.8 Å². The first kappa shape index (κ1) is 12.9. The molecule has 1 aliphatic rings. The maximum atomic E-state index is 5.80. The second-order valence-electron chi connectivity index (χ2n) is 5.22. The molecule has 0 radical (unpaired) electrons. The van der Waals surface area contributed by atoms with Gasteiger partial charge in [0.25, 0.3) is 0 Å². The lowest BCUT2D eigenvalue weighted by molar-refractivity contribution is 0.394. The fourth-order valence-electron chi connectivity index (χ4n) is 2.41. The van der Waals surface area contributed by atoms with Gasteiger partial charge in [0.1, 0.15) is 0 Å². The normalized spacial score (nSPS) is 26.8. The van der Waals surface area contributed by atoms with Crippen LogP contribution in [0, 0.1) is 5.92 Å². The molecule has 2 unspecified atom stereocenters. The molecule has 2 nitrogen and oxygen atoms in total. The third-order valence-corrected chi connectivity index (χ3v) is 4.69. The highest BCUT2D eigenvalue weighted by atomic mass is 32.2. The average Bonchev–Trinajstić information content (AvgIpc) is 2.29. The second-order valence-corrected chi connectivity index (χ2v) is 6.59. The van der Waals surface area contributed by atoms with E-state index >= 15 is 0 Å². The minimum Gasteiger partial charge on any atom is -0.323 e. The lowest BCUT2D eigenvalue weighted by atomic mass is 9.91.